The van der Waals surface area contributed by atoms with Crippen molar-refractivity contribution in [2.45, 2.75) is 50.6 Å². The maximum absolute atomic E-state index is 13.0. The predicted octanol–water partition coefficient (Wildman–Crippen LogP) is 3.69. The van der Waals surface area contributed by atoms with Crippen LogP contribution in [0, 0.1) is 5.41 Å². The number of amides is 2. The molecule has 2 aliphatic rings. The summed E-state index contributed by atoms with van der Waals surface area (Å²) in [6, 6.07) is 14.7. The molecule has 2 amide bonds. The summed E-state index contributed by atoms with van der Waals surface area (Å²) in [4.78, 5) is 37.5. The van der Waals surface area contributed by atoms with E-state index in [9.17, 15) is 19.5 Å². The Hall–Kier alpha value is -3.39. The van der Waals surface area contributed by atoms with Gasteiger partial charge in [-0.2, -0.15) is 0 Å². The Morgan fingerprint density at radius 1 is 1.09 bits per heavy atom. The van der Waals surface area contributed by atoms with Gasteiger partial charge in [0.2, 0.25) is 5.91 Å². The molecule has 8 heteroatoms. The highest BCUT2D eigenvalue weighted by atomic mass is 16.5. The molecule has 2 aromatic rings. The number of hydrogen-bond donors (Lipinski definition) is 3. The molecule has 186 valence electrons. The van der Waals surface area contributed by atoms with Gasteiger partial charge in [-0.25, -0.2) is 4.79 Å². The summed E-state index contributed by atoms with van der Waals surface area (Å²) < 4.78 is 10.7. The normalized spacial score (nSPS) is 21.6. The number of carboxylic acids is 1. The quantitative estimate of drug-likeness (QED) is 0.504. The van der Waals surface area contributed by atoms with Gasteiger partial charge in [-0.3, -0.25) is 9.59 Å². The van der Waals surface area contributed by atoms with E-state index < -0.39 is 35.5 Å². The molecular formula is C27H32N2O6. The van der Waals surface area contributed by atoms with E-state index >= 15 is 0 Å². The smallest absolute Gasteiger partial charge is 0.407 e. The fourth-order valence-electron chi connectivity index (χ4n) is 5.21. The van der Waals surface area contributed by atoms with Crippen molar-refractivity contribution in [2.24, 2.45) is 5.41 Å². The van der Waals surface area contributed by atoms with Crippen LogP contribution in [0.2, 0.25) is 0 Å². The molecule has 1 saturated carbocycles. The van der Waals surface area contributed by atoms with E-state index in [0.717, 1.165) is 28.7 Å². The molecule has 0 heterocycles. The first-order chi connectivity index (χ1) is 16.8. The van der Waals surface area contributed by atoms with Crippen LogP contribution in [0.1, 0.15) is 49.7 Å². The molecule has 8 nitrogen and oxygen atoms in total. The minimum Gasteiger partial charge on any atom is -0.481 e. The number of aliphatic carboxylic acids is 1. The Labute approximate surface area is 205 Å². The Bertz CT molecular complexity index is 1060. The average molecular weight is 481 g/mol. The molecule has 35 heavy (non-hydrogen) atoms. The molecule has 2 aliphatic carbocycles. The zero-order valence-corrected chi connectivity index (χ0v) is 20.1. The number of benzene rings is 2. The fourth-order valence-corrected chi connectivity index (χ4v) is 5.21. The van der Waals surface area contributed by atoms with Crippen LogP contribution >= 0.6 is 0 Å². The van der Waals surface area contributed by atoms with E-state index in [4.69, 9.17) is 9.47 Å². The maximum atomic E-state index is 13.0. The van der Waals surface area contributed by atoms with Crippen molar-refractivity contribution in [1.82, 2.24) is 10.6 Å². The van der Waals surface area contributed by atoms with Crippen LogP contribution in [0.5, 0.6) is 0 Å². The van der Waals surface area contributed by atoms with Crippen molar-refractivity contribution in [3.05, 3.63) is 59.7 Å². The third kappa shape index (κ3) is 5.03. The van der Waals surface area contributed by atoms with Gasteiger partial charge in [0.25, 0.3) is 0 Å². The molecule has 3 unspecified atom stereocenters. The Morgan fingerprint density at radius 2 is 1.71 bits per heavy atom. The van der Waals surface area contributed by atoms with Crippen LogP contribution < -0.4 is 10.6 Å². The third-order valence-corrected chi connectivity index (χ3v) is 7.33. The highest BCUT2D eigenvalue weighted by molar-refractivity contribution is 5.87. The van der Waals surface area contributed by atoms with Crippen LogP contribution in [0.25, 0.3) is 11.1 Å². The molecule has 4 rings (SSSR count). The van der Waals surface area contributed by atoms with Crippen molar-refractivity contribution in [2.75, 3.05) is 20.3 Å². The third-order valence-electron chi connectivity index (χ3n) is 7.33. The lowest BCUT2D eigenvalue weighted by Crippen LogP contribution is -2.54. The number of fused-ring (bicyclic) bond motifs is 3. The number of carboxylic acid groups (broad SMARTS) is 1. The minimum absolute atomic E-state index is 0.0887. The van der Waals surface area contributed by atoms with Crippen LogP contribution in [-0.2, 0) is 19.1 Å². The van der Waals surface area contributed by atoms with Gasteiger partial charge in [0.15, 0.2) is 0 Å². The SMILES string of the molecule is COCCC(NC(=O)OCC1c2ccccc2-c2ccccc21)C(=O)NC1CCCC1(C)C(=O)O. The molecule has 2 aromatic carbocycles. The fraction of sp³-hybridized carbons (Fsp3) is 0.444. The Kier molecular flexibility index (Phi) is 7.40. The van der Waals surface area contributed by atoms with Gasteiger partial charge in [0.05, 0.1) is 5.41 Å². The van der Waals surface area contributed by atoms with Crippen LogP contribution in [0.15, 0.2) is 48.5 Å². The topological polar surface area (TPSA) is 114 Å². The summed E-state index contributed by atoms with van der Waals surface area (Å²) >= 11 is 0. The molecule has 3 atom stereocenters. The average Bonchev–Trinajstić information content (AvgIpc) is 3.39. The van der Waals surface area contributed by atoms with Gasteiger partial charge in [-0.1, -0.05) is 55.0 Å². The first-order valence-electron chi connectivity index (χ1n) is 12.0. The first-order valence-corrected chi connectivity index (χ1v) is 12.0. The number of methoxy groups -OCH3 is 1. The number of carbonyl (C=O) groups excluding carboxylic acids is 2. The number of alkyl carbamates (subject to hydrolysis) is 1. The maximum Gasteiger partial charge on any atom is 0.407 e. The monoisotopic (exact) mass is 480 g/mol. The van der Waals surface area contributed by atoms with Crippen molar-refractivity contribution in [3.8, 4) is 11.1 Å². The summed E-state index contributed by atoms with van der Waals surface area (Å²) in [6.07, 6.45) is 1.33. The van der Waals surface area contributed by atoms with E-state index in [-0.39, 0.29) is 25.6 Å². The second-order valence-electron chi connectivity index (χ2n) is 9.48. The molecule has 1 fully saturated rings. The summed E-state index contributed by atoms with van der Waals surface area (Å²) in [6.45, 7) is 2.04. The van der Waals surface area contributed by atoms with Crippen LogP contribution in [0.3, 0.4) is 0 Å². The molecule has 0 radical (unpaired) electrons. The second kappa shape index (κ2) is 10.5. The lowest BCUT2D eigenvalue weighted by molar-refractivity contribution is -0.149. The number of hydrogen-bond acceptors (Lipinski definition) is 5. The number of ether oxygens (including phenoxy) is 2. The van der Waals surface area contributed by atoms with Gasteiger partial charge < -0.3 is 25.2 Å². The standard InChI is InChI=1S/C27H32N2O6/c1-27(25(31)32)14-7-12-23(27)29-24(30)22(13-15-34-2)28-26(33)35-16-21-19-10-5-3-8-17(19)18-9-4-6-11-20(18)21/h3-6,8-11,21-23H,7,12-16H2,1-2H3,(H,28,33)(H,29,30)(H,31,32). The number of rotatable bonds is 9. The highest BCUT2D eigenvalue weighted by Gasteiger charge is 2.46. The van der Waals surface area contributed by atoms with Crippen LogP contribution in [-0.4, -0.2) is 55.5 Å². The van der Waals surface area contributed by atoms with Gasteiger partial charge in [0, 0.05) is 32.1 Å². The lowest BCUT2D eigenvalue weighted by Gasteiger charge is -2.29. The van der Waals surface area contributed by atoms with Gasteiger partial charge in [-0.05, 0) is 42.0 Å². The molecule has 0 bridgehead atoms. The summed E-state index contributed by atoms with van der Waals surface area (Å²) in [5, 5.41) is 15.1. The van der Waals surface area contributed by atoms with Crippen molar-refractivity contribution < 1.29 is 29.0 Å². The van der Waals surface area contributed by atoms with E-state index in [1.807, 2.05) is 36.4 Å². The molecular weight excluding hydrogens is 448 g/mol. The van der Waals surface area contributed by atoms with Crippen molar-refractivity contribution in [3.63, 3.8) is 0 Å². The lowest BCUT2D eigenvalue weighted by atomic mass is 9.84. The molecule has 3 N–H and O–H groups in total. The number of nitrogens with one attached hydrogen (secondary N) is 2. The zero-order chi connectivity index (χ0) is 25.0. The second-order valence-corrected chi connectivity index (χ2v) is 9.48. The van der Waals surface area contributed by atoms with Gasteiger partial charge >= 0.3 is 12.1 Å². The molecule has 0 aromatic heterocycles. The molecule has 0 spiro atoms. The Balaban J connectivity index is 1.40. The van der Waals surface area contributed by atoms with Gasteiger partial charge in [-0.15, -0.1) is 0 Å². The van der Waals surface area contributed by atoms with Gasteiger partial charge in [0.1, 0.15) is 12.6 Å². The van der Waals surface area contributed by atoms with E-state index in [0.29, 0.717) is 12.8 Å². The van der Waals surface area contributed by atoms with Crippen molar-refractivity contribution >= 4 is 18.0 Å². The molecule has 0 saturated heterocycles. The van der Waals surface area contributed by atoms with Crippen molar-refractivity contribution in [1.29, 1.82) is 0 Å². The zero-order valence-electron chi connectivity index (χ0n) is 20.1. The van der Waals surface area contributed by atoms with E-state index in [2.05, 4.69) is 22.8 Å². The van der Waals surface area contributed by atoms with Crippen LogP contribution in [0.4, 0.5) is 4.79 Å². The summed E-state index contributed by atoms with van der Waals surface area (Å²) in [5.74, 6) is -1.46. The molecule has 0 aliphatic heterocycles. The Morgan fingerprint density at radius 3 is 2.31 bits per heavy atom. The first kappa shape index (κ1) is 24.7. The number of carbonyl (C=O) groups is 3. The minimum atomic E-state index is -1.02. The van der Waals surface area contributed by atoms with E-state index in [1.54, 1.807) is 6.92 Å². The predicted molar refractivity (Wildman–Crippen MR) is 130 cm³/mol. The largest absolute Gasteiger partial charge is 0.481 e. The highest BCUT2D eigenvalue weighted by Crippen LogP contribution is 2.44. The summed E-state index contributed by atoms with van der Waals surface area (Å²) in [7, 11) is 1.51. The van der Waals surface area contributed by atoms with E-state index in [1.165, 1.54) is 7.11 Å². The summed E-state index contributed by atoms with van der Waals surface area (Å²) in [5.41, 5.74) is 3.44.